The lowest BCUT2D eigenvalue weighted by molar-refractivity contribution is 0.687. The number of rotatable bonds is 2. The second-order valence-electron chi connectivity index (χ2n) is 3.81. The summed E-state index contributed by atoms with van der Waals surface area (Å²) >= 11 is 1.44. The van der Waals surface area contributed by atoms with Crippen LogP contribution in [0.1, 0.15) is 19.4 Å². The first kappa shape index (κ1) is 11.4. The fourth-order valence-electron chi connectivity index (χ4n) is 1.25. The highest BCUT2D eigenvalue weighted by Gasteiger charge is 2.09. The Labute approximate surface area is 101 Å². The minimum atomic E-state index is -1.15. The first-order valence-electron chi connectivity index (χ1n) is 4.85. The summed E-state index contributed by atoms with van der Waals surface area (Å²) in [5, 5.41) is 1.71. The maximum absolute atomic E-state index is 11.9. The van der Waals surface area contributed by atoms with Crippen LogP contribution in [0.4, 0.5) is 0 Å². The SMILES string of the molecule is CC(C)=CS(=O)c1nc2ncc(C)cc2s1. The smallest absolute Gasteiger partial charge is 0.187 e. The quantitative estimate of drug-likeness (QED) is 0.825. The molecular formula is C11H12N2OS2. The lowest BCUT2D eigenvalue weighted by Gasteiger charge is -1.89. The highest BCUT2D eigenvalue weighted by atomic mass is 32.2. The second kappa shape index (κ2) is 4.43. The van der Waals surface area contributed by atoms with E-state index in [1.165, 1.54) is 11.3 Å². The van der Waals surface area contributed by atoms with Gasteiger partial charge in [-0.2, -0.15) is 0 Å². The largest absolute Gasteiger partial charge is 0.247 e. The average molecular weight is 252 g/mol. The molecule has 0 N–H and O–H groups in total. The second-order valence-corrected chi connectivity index (χ2v) is 6.31. The van der Waals surface area contributed by atoms with Gasteiger partial charge in [0.1, 0.15) is 10.8 Å². The lowest BCUT2D eigenvalue weighted by Crippen LogP contribution is -1.86. The number of hydrogen-bond acceptors (Lipinski definition) is 4. The van der Waals surface area contributed by atoms with Gasteiger partial charge in [0.15, 0.2) is 9.99 Å². The van der Waals surface area contributed by atoms with Crippen molar-refractivity contribution in [3.05, 3.63) is 28.8 Å². The average Bonchev–Trinajstić information content (AvgIpc) is 2.59. The van der Waals surface area contributed by atoms with Crippen LogP contribution in [0.15, 0.2) is 27.6 Å². The van der Waals surface area contributed by atoms with Crippen molar-refractivity contribution in [1.82, 2.24) is 9.97 Å². The molecule has 0 aliphatic rings. The van der Waals surface area contributed by atoms with E-state index < -0.39 is 10.8 Å². The van der Waals surface area contributed by atoms with Crippen LogP contribution in [-0.2, 0) is 10.8 Å². The molecule has 2 rings (SSSR count). The first-order valence-corrected chi connectivity index (χ1v) is 6.88. The molecule has 0 spiro atoms. The summed E-state index contributed by atoms with van der Waals surface area (Å²) in [7, 11) is -1.15. The normalized spacial score (nSPS) is 12.7. The maximum Gasteiger partial charge on any atom is 0.187 e. The van der Waals surface area contributed by atoms with Crippen molar-refractivity contribution in [3.63, 3.8) is 0 Å². The third-order valence-electron chi connectivity index (χ3n) is 1.88. The number of aromatic nitrogens is 2. The van der Waals surface area contributed by atoms with Gasteiger partial charge < -0.3 is 0 Å². The van der Waals surface area contributed by atoms with Crippen molar-refractivity contribution >= 4 is 32.5 Å². The van der Waals surface area contributed by atoms with E-state index in [4.69, 9.17) is 0 Å². The van der Waals surface area contributed by atoms with Crippen molar-refractivity contribution in [2.24, 2.45) is 0 Å². The Kier molecular flexibility index (Phi) is 3.16. The third kappa shape index (κ3) is 2.36. The number of pyridine rings is 1. The van der Waals surface area contributed by atoms with Crippen molar-refractivity contribution < 1.29 is 4.21 Å². The van der Waals surface area contributed by atoms with Crippen LogP contribution in [-0.4, -0.2) is 14.2 Å². The first-order chi connectivity index (χ1) is 7.56. The molecule has 0 bridgehead atoms. The molecule has 2 aromatic rings. The van der Waals surface area contributed by atoms with E-state index in [0.29, 0.717) is 9.99 Å². The van der Waals surface area contributed by atoms with Gasteiger partial charge in [-0.25, -0.2) is 14.2 Å². The van der Waals surface area contributed by atoms with E-state index in [2.05, 4.69) is 9.97 Å². The Bertz CT molecular complexity index is 583. The van der Waals surface area contributed by atoms with Crippen molar-refractivity contribution in [3.8, 4) is 0 Å². The fraction of sp³-hybridized carbons (Fsp3) is 0.273. The van der Waals surface area contributed by atoms with Gasteiger partial charge in [0.25, 0.3) is 0 Å². The zero-order chi connectivity index (χ0) is 11.7. The molecule has 84 valence electrons. The molecular weight excluding hydrogens is 240 g/mol. The molecule has 2 heterocycles. The van der Waals surface area contributed by atoms with Crippen LogP contribution in [0.3, 0.4) is 0 Å². The molecule has 16 heavy (non-hydrogen) atoms. The standard InChI is InChI=1S/C11H12N2OS2/c1-7(2)6-16(14)11-13-10-9(15-11)4-8(3)5-12-10/h4-6H,1-3H3. The Morgan fingerprint density at radius 3 is 2.94 bits per heavy atom. The Morgan fingerprint density at radius 1 is 1.50 bits per heavy atom. The maximum atomic E-state index is 11.9. The van der Waals surface area contributed by atoms with Crippen LogP contribution < -0.4 is 0 Å². The Morgan fingerprint density at radius 2 is 2.25 bits per heavy atom. The van der Waals surface area contributed by atoms with Gasteiger partial charge in [0.05, 0.1) is 4.70 Å². The number of aryl methyl sites for hydroxylation is 1. The minimum Gasteiger partial charge on any atom is -0.247 e. The highest BCUT2D eigenvalue weighted by Crippen LogP contribution is 2.24. The predicted octanol–water partition coefficient (Wildman–Crippen LogP) is 3.03. The molecule has 0 aliphatic carbocycles. The summed E-state index contributed by atoms with van der Waals surface area (Å²) in [5.41, 5.74) is 2.80. The molecule has 0 amide bonds. The van der Waals surface area contributed by atoms with E-state index in [9.17, 15) is 4.21 Å². The summed E-state index contributed by atoms with van der Waals surface area (Å²) in [5.74, 6) is 0. The van der Waals surface area contributed by atoms with Crippen molar-refractivity contribution in [2.75, 3.05) is 0 Å². The molecule has 5 heteroatoms. The van der Waals surface area contributed by atoms with E-state index in [-0.39, 0.29) is 0 Å². The number of fused-ring (bicyclic) bond motifs is 1. The van der Waals surface area contributed by atoms with E-state index >= 15 is 0 Å². The molecule has 1 unspecified atom stereocenters. The zero-order valence-corrected chi connectivity index (χ0v) is 11.0. The highest BCUT2D eigenvalue weighted by molar-refractivity contribution is 7.90. The van der Waals surface area contributed by atoms with Crippen LogP contribution in [0.2, 0.25) is 0 Å². The molecule has 0 fully saturated rings. The topological polar surface area (TPSA) is 42.9 Å². The van der Waals surface area contributed by atoms with E-state index in [1.807, 2.05) is 26.8 Å². The summed E-state index contributed by atoms with van der Waals surface area (Å²) in [4.78, 5) is 8.48. The Hall–Kier alpha value is -1.07. The molecule has 1 atom stereocenters. The number of hydrogen-bond donors (Lipinski definition) is 0. The number of thiazole rings is 1. The van der Waals surface area contributed by atoms with Gasteiger partial charge in [-0.05, 0) is 32.4 Å². The van der Waals surface area contributed by atoms with Gasteiger partial charge in [-0.3, -0.25) is 0 Å². The summed E-state index contributed by atoms with van der Waals surface area (Å²) in [6.07, 6.45) is 1.77. The predicted molar refractivity (Wildman–Crippen MR) is 68.0 cm³/mol. The monoisotopic (exact) mass is 252 g/mol. The number of allylic oxidation sites excluding steroid dienone is 1. The van der Waals surface area contributed by atoms with Gasteiger partial charge in [-0.15, -0.1) is 11.3 Å². The molecule has 0 saturated heterocycles. The zero-order valence-electron chi connectivity index (χ0n) is 9.35. The molecule has 0 radical (unpaired) electrons. The Balaban J connectivity index is 2.47. The van der Waals surface area contributed by atoms with Gasteiger partial charge in [0, 0.05) is 11.6 Å². The fourth-order valence-corrected chi connectivity index (χ4v) is 3.45. The lowest BCUT2D eigenvalue weighted by atomic mass is 10.3. The van der Waals surface area contributed by atoms with Gasteiger partial charge in [-0.1, -0.05) is 5.57 Å². The molecule has 3 nitrogen and oxygen atoms in total. The van der Waals surface area contributed by atoms with Crippen LogP contribution in [0.5, 0.6) is 0 Å². The van der Waals surface area contributed by atoms with Gasteiger partial charge in [0.2, 0.25) is 0 Å². The summed E-state index contributed by atoms with van der Waals surface area (Å²) < 4.78 is 13.5. The van der Waals surface area contributed by atoms with E-state index in [1.54, 1.807) is 11.6 Å². The minimum absolute atomic E-state index is 0.620. The van der Waals surface area contributed by atoms with E-state index in [0.717, 1.165) is 15.8 Å². The molecule has 2 aromatic heterocycles. The summed E-state index contributed by atoms with van der Waals surface area (Å²) in [6, 6.07) is 2.02. The molecule has 0 aromatic carbocycles. The van der Waals surface area contributed by atoms with Crippen molar-refractivity contribution in [1.29, 1.82) is 0 Å². The molecule has 0 saturated carbocycles. The van der Waals surface area contributed by atoms with Crippen LogP contribution in [0, 0.1) is 6.92 Å². The third-order valence-corrected chi connectivity index (χ3v) is 4.53. The van der Waals surface area contributed by atoms with Gasteiger partial charge >= 0.3 is 0 Å². The van der Waals surface area contributed by atoms with Crippen molar-refractivity contribution in [2.45, 2.75) is 25.1 Å². The van der Waals surface area contributed by atoms with Crippen LogP contribution in [0.25, 0.3) is 10.3 Å². The number of nitrogens with zero attached hydrogens (tertiary/aromatic N) is 2. The summed E-state index contributed by atoms with van der Waals surface area (Å²) in [6.45, 7) is 5.83. The molecule has 0 aliphatic heterocycles. The van der Waals surface area contributed by atoms with Crippen LogP contribution >= 0.6 is 11.3 Å².